The van der Waals surface area contributed by atoms with Crippen molar-refractivity contribution in [1.29, 1.82) is 0 Å². The van der Waals surface area contributed by atoms with E-state index in [1.54, 1.807) is 0 Å². The van der Waals surface area contributed by atoms with E-state index in [2.05, 4.69) is 5.32 Å². The number of hydrogen-bond donors (Lipinski definition) is 1. The molecule has 25 heavy (non-hydrogen) atoms. The molecule has 0 aromatic heterocycles. The van der Waals surface area contributed by atoms with E-state index < -0.39 is 5.41 Å². The molecule has 0 bridgehead atoms. The third kappa shape index (κ3) is 3.88. The summed E-state index contributed by atoms with van der Waals surface area (Å²) >= 11 is 5.96. The summed E-state index contributed by atoms with van der Waals surface area (Å²) in [5.41, 5.74) is 2.56. The van der Waals surface area contributed by atoms with Crippen LogP contribution in [0.1, 0.15) is 36.8 Å². The summed E-state index contributed by atoms with van der Waals surface area (Å²) in [4.78, 5) is 12.8. The lowest BCUT2D eigenvalue weighted by molar-refractivity contribution is -0.118. The molecule has 2 aliphatic carbocycles. The van der Waals surface area contributed by atoms with Crippen molar-refractivity contribution in [3.63, 3.8) is 0 Å². The summed E-state index contributed by atoms with van der Waals surface area (Å²) in [5, 5.41) is 3.78. The van der Waals surface area contributed by atoms with E-state index in [0.29, 0.717) is 11.6 Å². The Kier molecular flexibility index (Phi) is 4.53. The first kappa shape index (κ1) is 16.6. The maximum Gasteiger partial charge on any atom is 0.235 e. The zero-order chi connectivity index (χ0) is 17.3. The summed E-state index contributed by atoms with van der Waals surface area (Å²) in [6.07, 6.45) is 4.35. The molecule has 2 fully saturated rings. The Morgan fingerprint density at radius 1 is 1.16 bits per heavy atom. The second kappa shape index (κ2) is 6.81. The first-order valence-corrected chi connectivity index (χ1v) is 9.28. The van der Waals surface area contributed by atoms with Crippen LogP contribution in [0.5, 0.6) is 0 Å². The molecular weight excluding hydrogens is 334 g/mol. The Balaban J connectivity index is 1.40. The monoisotopic (exact) mass is 355 g/mol. The second-order valence-electron chi connectivity index (χ2n) is 7.20. The lowest BCUT2D eigenvalue weighted by atomic mass is 9.95. The number of benzene rings is 2. The van der Waals surface area contributed by atoms with Gasteiger partial charge in [0, 0.05) is 17.3 Å². The summed E-state index contributed by atoms with van der Waals surface area (Å²) in [7, 11) is 0. The molecule has 2 aromatic rings. The molecule has 0 unspecified atom stereocenters. The minimum Gasteiger partial charge on any atom is -0.376 e. The SMILES string of the molecule is O=C(Nc1cccc(COCC2CC2)c1)C1(c2ccc(Cl)cc2)CC1. The number of ether oxygens (including phenoxy) is 1. The highest BCUT2D eigenvalue weighted by atomic mass is 35.5. The molecule has 0 aliphatic heterocycles. The van der Waals surface area contributed by atoms with E-state index >= 15 is 0 Å². The van der Waals surface area contributed by atoms with E-state index in [1.165, 1.54) is 12.8 Å². The number of anilines is 1. The Labute approximate surface area is 153 Å². The van der Waals surface area contributed by atoms with Gasteiger partial charge in [-0.3, -0.25) is 4.79 Å². The summed E-state index contributed by atoms with van der Waals surface area (Å²) in [6.45, 7) is 1.44. The van der Waals surface area contributed by atoms with Gasteiger partial charge in [0.1, 0.15) is 0 Å². The zero-order valence-electron chi connectivity index (χ0n) is 14.1. The fourth-order valence-corrected chi connectivity index (χ4v) is 3.28. The van der Waals surface area contributed by atoms with Gasteiger partial charge in [-0.25, -0.2) is 0 Å². The number of nitrogens with one attached hydrogen (secondary N) is 1. The molecule has 2 saturated carbocycles. The van der Waals surface area contributed by atoms with Crippen LogP contribution in [0.4, 0.5) is 5.69 Å². The number of carbonyl (C=O) groups excluding carboxylic acids is 1. The molecule has 0 heterocycles. The predicted octanol–water partition coefficient (Wildman–Crippen LogP) is 4.94. The van der Waals surface area contributed by atoms with E-state index in [-0.39, 0.29) is 5.91 Å². The topological polar surface area (TPSA) is 38.3 Å². The first-order chi connectivity index (χ1) is 12.2. The van der Waals surface area contributed by atoms with Crippen LogP contribution in [0.3, 0.4) is 0 Å². The van der Waals surface area contributed by atoms with Crippen LogP contribution >= 0.6 is 11.6 Å². The van der Waals surface area contributed by atoms with Crippen LogP contribution in [0.2, 0.25) is 5.02 Å². The Morgan fingerprint density at radius 3 is 2.60 bits per heavy atom. The molecule has 0 radical (unpaired) electrons. The largest absolute Gasteiger partial charge is 0.376 e. The van der Waals surface area contributed by atoms with Gasteiger partial charge in [-0.15, -0.1) is 0 Å². The summed E-state index contributed by atoms with van der Waals surface area (Å²) in [6, 6.07) is 15.5. The Hall–Kier alpha value is -1.84. The van der Waals surface area contributed by atoms with Gasteiger partial charge in [0.25, 0.3) is 0 Å². The lowest BCUT2D eigenvalue weighted by Crippen LogP contribution is -2.27. The van der Waals surface area contributed by atoms with Gasteiger partial charge >= 0.3 is 0 Å². The molecule has 2 aliphatic rings. The number of halogens is 1. The van der Waals surface area contributed by atoms with Crippen LogP contribution in [0.15, 0.2) is 48.5 Å². The molecule has 4 rings (SSSR count). The maximum atomic E-state index is 12.8. The normalized spacial score (nSPS) is 18.0. The van der Waals surface area contributed by atoms with Crippen LogP contribution < -0.4 is 5.32 Å². The average molecular weight is 356 g/mol. The lowest BCUT2D eigenvalue weighted by Gasteiger charge is -2.16. The quantitative estimate of drug-likeness (QED) is 0.764. The first-order valence-electron chi connectivity index (χ1n) is 8.90. The van der Waals surface area contributed by atoms with Gasteiger partial charge in [-0.1, -0.05) is 35.9 Å². The number of hydrogen-bond acceptors (Lipinski definition) is 2. The summed E-state index contributed by atoms with van der Waals surface area (Å²) < 4.78 is 5.74. The van der Waals surface area contributed by atoms with Gasteiger partial charge in [0.2, 0.25) is 5.91 Å². The van der Waals surface area contributed by atoms with Crippen molar-refractivity contribution in [2.75, 3.05) is 11.9 Å². The average Bonchev–Trinajstić information content (AvgIpc) is 3.50. The third-order valence-corrected chi connectivity index (χ3v) is 5.34. The second-order valence-corrected chi connectivity index (χ2v) is 7.64. The van der Waals surface area contributed by atoms with Crippen LogP contribution in [-0.4, -0.2) is 12.5 Å². The van der Waals surface area contributed by atoms with Crippen molar-refractivity contribution in [2.45, 2.75) is 37.7 Å². The Bertz CT molecular complexity index is 764. The van der Waals surface area contributed by atoms with Crippen LogP contribution in [0.25, 0.3) is 0 Å². The molecule has 130 valence electrons. The molecule has 1 N–H and O–H groups in total. The smallest absolute Gasteiger partial charge is 0.235 e. The van der Waals surface area contributed by atoms with Crippen molar-refractivity contribution in [3.8, 4) is 0 Å². The highest BCUT2D eigenvalue weighted by Gasteiger charge is 2.51. The van der Waals surface area contributed by atoms with E-state index in [1.807, 2.05) is 48.5 Å². The van der Waals surface area contributed by atoms with Gasteiger partial charge in [0.15, 0.2) is 0 Å². The summed E-state index contributed by atoms with van der Waals surface area (Å²) in [5.74, 6) is 0.822. The zero-order valence-corrected chi connectivity index (χ0v) is 14.9. The van der Waals surface area contributed by atoms with Crippen molar-refractivity contribution >= 4 is 23.2 Å². The standard InChI is InChI=1S/C21H22ClNO2/c22-18-8-6-17(7-9-18)21(10-11-21)20(24)23-19-3-1-2-16(12-19)14-25-13-15-4-5-15/h1-3,6-9,12,15H,4-5,10-11,13-14H2,(H,23,24). The molecule has 0 saturated heterocycles. The van der Waals surface area contributed by atoms with Gasteiger partial charge in [-0.2, -0.15) is 0 Å². The van der Waals surface area contributed by atoms with E-state index in [4.69, 9.17) is 16.3 Å². The molecule has 0 atom stereocenters. The number of amides is 1. The fourth-order valence-electron chi connectivity index (χ4n) is 3.16. The molecule has 1 amide bonds. The van der Waals surface area contributed by atoms with Gasteiger partial charge < -0.3 is 10.1 Å². The van der Waals surface area contributed by atoms with Crippen LogP contribution in [-0.2, 0) is 21.6 Å². The molecule has 0 spiro atoms. The van der Waals surface area contributed by atoms with Crippen molar-refractivity contribution in [3.05, 3.63) is 64.7 Å². The molecule has 3 nitrogen and oxygen atoms in total. The highest BCUT2D eigenvalue weighted by Crippen LogP contribution is 2.49. The minimum absolute atomic E-state index is 0.0610. The van der Waals surface area contributed by atoms with Crippen molar-refractivity contribution in [2.24, 2.45) is 5.92 Å². The van der Waals surface area contributed by atoms with Crippen LogP contribution in [0, 0.1) is 5.92 Å². The van der Waals surface area contributed by atoms with Gasteiger partial charge in [0.05, 0.1) is 12.0 Å². The fraction of sp³-hybridized carbons (Fsp3) is 0.381. The van der Waals surface area contributed by atoms with Crippen molar-refractivity contribution < 1.29 is 9.53 Å². The number of rotatable bonds is 7. The van der Waals surface area contributed by atoms with E-state index in [0.717, 1.165) is 42.2 Å². The molecular formula is C21H22ClNO2. The van der Waals surface area contributed by atoms with Crippen molar-refractivity contribution in [1.82, 2.24) is 0 Å². The van der Waals surface area contributed by atoms with Gasteiger partial charge in [-0.05, 0) is 67.0 Å². The predicted molar refractivity (Wildman–Crippen MR) is 99.8 cm³/mol. The third-order valence-electron chi connectivity index (χ3n) is 5.09. The van der Waals surface area contributed by atoms with E-state index in [9.17, 15) is 4.79 Å². The molecule has 4 heteroatoms. The minimum atomic E-state index is -0.400. The Morgan fingerprint density at radius 2 is 1.92 bits per heavy atom. The highest BCUT2D eigenvalue weighted by molar-refractivity contribution is 6.30. The number of carbonyl (C=O) groups is 1. The molecule has 2 aromatic carbocycles. The maximum absolute atomic E-state index is 12.8.